The number of hydrogen-bond donors (Lipinski definition) is 1. The largest absolute Gasteiger partial charge is 0.494 e. The molecule has 0 aromatic heterocycles. The van der Waals surface area contributed by atoms with Crippen LogP contribution in [0.5, 0.6) is 11.5 Å². The molecule has 5 rings (SSSR count). The van der Waals surface area contributed by atoms with Crippen molar-refractivity contribution in [3.8, 4) is 11.5 Å². The highest BCUT2D eigenvalue weighted by Crippen LogP contribution is 2.65. The van der Waals surface area contributed by atoms with Crippen molar-refractivity contribution in [3.63, 3.8) is 0 Å². The van der Waals surface area contributed by atoms with Crippen LogP contribution in [-0.2, 0) is 4.79 Å². The molecule has 1 aromatic rings. The molecule has 0 saturated heterocycles. The smallest absolute Gasteiger partial charge is 0.225 e. The summed E-state index contributed by atoms with van der Waals surface area (Å²) in [4.78, 5) is 13.0. The number of rotatable bonds is 7. The molecule has 5 heteroatoms. The number of amides is 1. The summed E-state index contributed by atoms with van der Waals surface area (Å²) in [6.45, 7) is 5.07. The standard InChI is InChI=1S/C22H30BrNO3/c1-3-26-17-5-6-19(27-4-2)18(8-17)24-20(25)13-21-9-15-7-16(10-21)12-22(23,11-15)14-21/h5-6,8,15-16H,3-4,7,9-14H2,1-2H3,(H,24,25). The molecule has 4 aliphatic rings. The zero-order chi connectivity index (χ0) is 19.1. The highest BCUT2D eigenvalue weighted by molar-refractivity contribution is 9.10. The first-order valence-electron chi connectivity index (χ1n) is 10.3. The van der Waals surface area contributed by atoms with Crippen LogP contribution in [0.4, 0.5) is 5.69 Å². The van der Waals surface area contributed by atoms with Gasteiger partial charge in [-0.25, -0.2) is 0 Å². The van der Waals surface area contributed by atoms with Crippen LogP contribution in [-0.4, -0.2) is 23.4 Å². The lowest BCUT2D eigenvalue weighted by Crippen LogP contribution is -2.53. The molecule has 4 bridgehead atoms. The number of halogens is 1. The monoisotopic (exact) mass is 435 g/mol. The van der Waals surface area contributed by atoms with E-state index in [0.29, 0.717) is 31.1 Å². The third kappa shape index (κ3) is 3.98. The van der Waals surface area contributed by atoms with E-state index in [-0.39, 0.29) is 15.6 Å². The van der Waals surface area contributed by atoms with E-state index in [1.165, 1.54) is 32.1 Å². The van der Waals surface area contributed by atoms with Crippen LogP contribution in [0.1, 0.15) is 58.8 Å². The van der Waals surface area contributed by atoms with E-state index >= 15 is 0 Å². The van der Waals surface area contributed by atoms with Gasteiger partial charge in [0.2, 0.25) is 5.91 Å². The van der Waals surface area contributed by atoms with Crippen molar-refractivity contribution in [2.75, 3.05) is 18.5 Å². The summed E-state index contributed by atoms with van der Waals surface area (Å²) in [6.07, 6.45) is 8.11. The highest BCUT2D eigenvalue weighted by Gasteiger charge is 2.57. The fourth-order valence-electron chi connectivity index (χ4n) is 6.22. The van der Waals surface area contributed by atoms with Crippen LogP contribution in [0.2, 0.25) is 0 Å². The molecule has 27 heavy (non-hydrogen) atoms. The Labute approximate surface area is 170 Å². The van der Waals surface area contributed by atoms with E-state index in [1.54, 1.807) is 0 Å². The lowest BCUT2D eigenvalue weighted by Gasteiger charge is -2.60. The maximum absolute atomic E-state index is 13.0. The molecule has 4 nitrogen and oxygen atoms in total. The maximum atomic E-state index is 13.0. The molecule has 4 fully saturated rings. The second-order valence-electron chi connectivity index (χ2n) is 8.86. The predicted molar refractivity (Wildman–Crippen MR) is 111 cm³/mol. The number of anilines is 1. The lowest BCUT2D eigenvalue weighted by molar-refractivity contribution is -0.123. The first kappa shape index (κ1) is 19.1. The number of carbonyl (C=O) groups is 1. The quantitative estimate of drug-likeness (QED) is 0.571. The van der Waals surface area contributed by atoms with E-state index in [4.69, 9.17) is 9.47 Å². The van der Waals surface area contributed by atoms with Gasteiger partial charge >= 0.3 is 0 Å². The summed E-state index contributed by atoms with van der Waals surface area (Å²) in [5, 5.41) is 3.12. The SMILES string of the molecule is CCOc1ccc(OCC)c(NC(=O)CC23CC4CC(CC(Br)(C4)C2)C3)c1. The molecule has 0 radical (unpaired) electrons. The normalized spacial score (nSPS) is 33.7. The minimum absolute atomic E-state index is 0.0997. The van der Waals surface area contributed by atoms with Gasteiger partial charge in [0.05, 0.1) is 18.9 Å². The first-order chi connectivity index (χ1) is 12.9. The van der Waals surface area contributed by atoms with Gasteiger partial charge in [-0.3, -0.25) is 4.79 Å². The fourth-order valence-corrected chi connectivity index (χ4v) is 7.73. The minimum Gasteiger partial charge on any atom is -0.494 e. The Morgan fingerprint density at radius 1 is 1.15 bits per heavy atom. The number of carbonyl (C=O) groups excluding carboxylic acids is 1. The first-order valence-corrected chi connectivity index (χ1v) is 11.1. The topological polar surface area (TPSA) is 47.6 Å². The number of ether oxygens (including phenoxy) is 2. The summed E-state index contributed by atoms with van der Waals surface area (Å²) in [6, 6.07) is 5.64. The van der Waals surface area contributed by atoms with Gasteiger partial charge in [0, 0.05) is 16.8 Å². The summed E-state index contributed by atoms with van der Waals surface area (Å²) >= 11 is 4.04. The van der Waals surface area contributed by atoms with Gasteiger partial charge in [0.25, 0.3) is 0 Å². The van der Waals surface area contributed by atoms with Crippen LogP contribution in [0.3, 0.4) is 0 Å². The molecule has 2 atom stereocenters. The summed E-state index contributed by atoms with van der Waals surface area (Å²) in [7, 11) is 0. The summed E-state index contributed by atoms with van der Waals surface area (Å²) in [5.74, 6) is 3.14. The second kappa shape index (κ2) is 7.31. The van der Waals surface area contributed by atoms with Gasteiger partial charge in [-0.2, -0.15) is 0 Å². The average molecular weight is 436 g/mol. The average Bonchev–Trinajstić information content (AvgIpc) is 2.54. The van der Waals surface area contributed by atoms with E-state index in [0.717, 1.165) is 24.0 Å². The van der Waals surface area contributed by atoms with Crippen LogP contribution in [0, 0.1) is 17.3 Å². The van der Waals surface area contributed by atoms with Crippen molar-refractivity contribution in [1.29, 1.82) is 0 Å². The Balaban J connectivity index is 1.49. The number of nitrogens with one attached hydrogen (secondary N) is 1. The molecular weight excluding hydrogens is 406 g/mol. The van der Waals surface area contributed by atoms with Crippen molar-refractivity contribution in [1.82, 2.24) is 0 Å². The van der Waals surface area contributed by atoms with Crippen molar-refractivity contribution in [3.05, 3.63) is 18.2 Å². The van der Waals surface area contributed by atoms with Crippen molar-refractivity contribution < 1.29 is 14.3 Å². The third-order valence-corrected chi connectivity index (χ3v) is 7.41. The number of alkyl halides is 1. The van der Waals surface area contributed by atoms with Crippen molar-refractivity contribution in [2.45, 2.75) is 63.1 Å². The summed E-state index contributed by atoms with van der Waals surface area (Å²) in [5.41, 5.74) is 0.882. The third-order valence-electron chi connectivity index (χ3n) is 6.48. The van der Waals surface area contributed by atoms with E-state index in [2.05, 4.69) is 21.2 Å². The molecule has 4 saturated carbocycles. The minimum atomic E-state index is 0.0997. The van der Waals surface area contributed by atoms with E-state index in [9.17, 15) is 4.79 Å². The molecule has 1 aromatic carbocycles. The zero-order valence-electron chi connectivity index (χ0n) is 16.4. The zero-order valence-corrected chi connectivity index (χ0v) is 17.9. The lowest BCUT2D eigenvalue weighted by atomic mass is 9.48. The molecule has 0 aliphatic heterocycles. The van der Waals surface area contributed by atoms with Gasteiger partial charge in [-0.1, -0.05) is 15.9 Å². The molecular formula is C22H30BrNO3. The molecule has 0 spiro atoms. The van der Waals surface area contributed by atoms with E-state index in [1.807, 2.05) is 32.0 Å². The van der Waals surface area contributed by atoms with Crippen molar-refractivity contribution >= 4 is 27.5 Å². The van der Waals surface area contributed by atoms with E-state index < -0.39 is 0 Å². The van der Waals surface area contributed by atoms with Gasteiger partial charge in [-0.05, 0) is 81.8 Å². The molecule has 0 heterocycles. The van der Waals surface area contributed by atoms with Gasteiger partial charge in [0.15, 0.2) is 0 Å². The Morgan fingerprint density at radius 2 is 1.85 bits per heavy atom. The van der Waals surface area contributed by atoms with Crippen LogP contribution in [0.25, 0.3) is 0 Å². The molecule has 1 amide bonds. The van der Waals surface area contributed by atoms with Gasteiger partial charge in [-0.15, -0.1) is 0 Å². The molecule has 1 N–H and O–H groups in total. The van der Waals surface area contributed by atoms with Crippen molar-refractivity contribution in [2.24, 2.45) is 17.3 Å². The Kier molecular flexibility index (Phi) is 5.17. The number of benzene rings is 1. The fraction of sp³-hybridized carbons (Fsp3) is 0.682. The highest BCUT2D eigenvalue weighted by atomic mass is 79.9. The predicted octanol–water partition coefficient (Wildman–Crippen LogP) is 5.55. The second-order valence-corrected chi connectivity index (χ2v) is 10.5. The van der Waals surface area contributed by atoms with Crippen LogP contribution < -0.4 is 14.8 Å². The van der Waals surface area contributed by atoms with Crippen LogP contribution >= 0.6 is 15.9 Å². The Morgan fingerprint density at radius 3 is 2.48 bits per heavy atom. The van der Waals surface area contributed by atoms with Crippen LogP contribution in [0.15, 0.2) is 18.2 Å². The molecule has 4 aliphatic carbocycles. The summed E-state index contributed by atoms with van der Waals surface area (Å²) < 4.78 is 11.6. The maximum Gasteiger partial charge on any atom is 0.225 e. The number of hydrogen-bond acceptors (Lipinski definition) is 3. The molecule has 2 unspecified atom stereocenters. The Bertz CT molecular complexity index is 706. The Hall–Kier alpha value is -1.23. The van der Waals surface area contributed by atoms with Gasteiger partial charge in [0.1, 0.15) is 11.5 Å². The molecule has 148 valence electrons. The van der Waals surface area contributed by atoms with Gasteiger partial charge < -0.3 is 14.8 Å².